The second-order valence-electron chi connectivity index (χ2n) is 18.0. The molecule has 1 fully saturated rings. The van der Waals surface area contributed by atoms with Crippen molar-refractivity contribution < 1.29 is 49.0 Å². The van der Waals surface area contributed by atoms with E-state index in [1.54, 1.807) is 0 Å². The van der Waals surface area contributed by atoms with Crippen molar-refractivity contribution in [2.75, 3.05) is 19.8 Å². The smallest absolute Gasteiger partial charge is 0.306 e. The lowest BCUT2D eigenvalue weighted by atomic mass is 9.99. The summed E-state index contributed by atoms with van der Waals surface area (Å²) in [6.07, 6.45) is 41.9. The van der Waals surface area contributed by atoms with Crippen LogP contribution in [-0.4, -0.2) is 89.0 Å². The van der Waals surface area contributed by atoms with E-state index in [2.05, 4.69) is 38.2 Å². The second-order valence-corrected chi connectivity index (χ2v) is 18.0. The largest absolute Gasteiger partial charge is 0.462 e. The molecule has 10 nitrogen and oxygen atoms in total. The Morgan fingerprint density at radius 3 is 1.37 bits per heavy atom. The van der Waals surface area contributed by atoms with E-state index < -0.39 is 49.4 Å². The first-order valence-electron chi connectivity index (χ1n) is 25.9. The van der Waals surface area contributed by atoms with Crippen LogP contribution >= 0.6 is 0 Å². The maximum absolute atomic E-state index is 12.8. The second kappa shape index (κ2) is 43.1. The molecule has 10 heteroatoms. The van der Waals surface area contributed by atoms with Crippen molar-refractivity contribution in [3.8, 4) is 0 Å². The summed E-state index contributed by atoms with van der Waals surface area (Å²) in [5.74, 6) is -0.811. The van der Waals surface area contributed by atoms with E-state index >= 15 is 0 Å². The highest BCUT2D eigenvalue weighted by atomic mass is 16.7. The summed E-state index contributed by atoms with van der Waals surface area (Å²) in [5.41, 5.74) is 0. The molecule has 6 atom stereocenters. The third-order valence-electron chi connectivity index (χ3n) is 12.1. The van der Waals surface area contributed by atoms with Crippen molar-refractivity contribution in [2.45, 2.75) is 275 Å². The summed E-state index contributed by atoms with van der Waals surface area (Å²) in [5, 5.41) is 40.2. The Balaban J connectivity index is 2.24. The zero-order chi connectivity index (χ0) is 45.1. The van der Waals surface area contributed by atoms with Crippen molar-refractivity contribution in [2.24, 2.45) is 0 Å². The summed E-state index contributed by atoms with van der Waals surface area (Å²) in [6.45, 7) is 3.42. The molecule has 0 amide bonds. The quantitative estimate of drug-likeness (QED) is 0.0264. The monoisotopic (exact) mass is 881 g/mol. The van der Waals surface area contributed by atoms with Gasteiger partial charge in [0.1, 0.15) is 31.0 Å². The van der Waals surface area contributed by atoms with E-state index in [4.69, 9.17) is 18.9 Å². The van der Waals surface area contributed by atoms with E-state index in [0.29, 0.717) is 12.8 Å². The number of hydrogen-bond donors (Lipinski definition) is 4. The number of aliphatic hydroxyl groups excluding tert-OH is 4. The topological polar surface area (TPSA) is 152 Å². The molecule has 1 aliphatic rings. The predicted octanol–water partition coefficient (Wildman–Crippen LogP) is 12.1. The molecular weight excluding hydrogens is 785 g/mol. The maximum atomic E-state index is 12.8. The Morgan fingerprint density at radius 1 is 0.500 bits per heavy atom. The van der Waals surface area contributed by atoms with Gasteiger partial charge in [0.2, 0.25) is 0 Å². The highest BCUT2D eigenvalue weighted by Crippen LogP contribution is 2.23. The first-order chi connectivity index (χ1) is 30.3. The highest BCUT2D eigenvalue weighted by molar-refractivity contribution is 5.70. The van der Waals surface area contributed by atoms with Crippen molar-refractivity contribution in [1.29, 1.82) is 0 Å². The van der Waals surface area contributed by atoms with Gasteiger partial charge in [-0.05, 0) is 44.9 Å². The number of carbonyl (C=O) groups is 2. The number of esters is 2. The molecule has 0 radical (unpaired) electrons. The summed E-state index contributed by atoms with van der Waals surface area (Å²) < 4.78 is 22.2. The van der Waals surface area contributed by atoms with Crippen LogP contribution in [0.15, 0.2) is 24.3 Å². The number of allylic oxidation sites excluding steroid dienone is 4. The first-order valence-corrected chi connectivity index (χ1v) is 25.9. The number of rotatable bonds is 44. The van der Waals surface area contributed by atoms with E-state index in [1.165, 1.54) is 141 Å². The van der Waals surface area contributed by atoms with E-state index in [1.807, 2.05) is 0 Å². The Kier molecular flexibility index (Phi) is 40.4. The van der Waals surface area contributed by atoms with Gasteiger partial charge in [0.25, 0.3) is 0 Å². The predicted molar refractivity (Wildman–Crippen MR) is 252 cm³/mol. The molecule has 62 heavy (non-hydrogen) atoms. The zero-order valence-electron chi connectivity index (χ0n) is 39.9. The van der Waals surface area contributed by atoms with Gasteiger partial charge in [-0.25, -0.2) is 0 Å². The fourth-order valence-corrected chi connectivity index (χ4v) is 7.99. The third kappa shape index (κ3) is 33.7. The summed E-state index contributed by atoms with van der Waals surface area (Å²) in [7, 11) is 0. The van der Waals surface area contributed by atoms with Gasteiger partial charge in [-0.1, -0.05) is 205 Å². The Hall–Kier alpha value is -1.82. The summed E-state index contributed by atoms with van der Waals surface area (Å²) >= 11 is 0. The van der Waals surface area contributed by atoms with Crippen LogP contribution in [0.25, 0.3) is 0 Å². The van der Waals surface area contributed by atoms with Crippen LogP contribution in [0.1, 0.15) is 239 Å². The summed E-state index contributed by atoms with van der Waals surface area (Å²) in [4.78, 5) is 25.4. The lowest BCUT2D eigenvalue weighted by Crippen LogP contribution is -2.59. The van der Waals surface area contributed by atoms with Gasteiger partial charge in [-0.15, -0.1) is 0 Å². The molecule has 0 saturated carbocycles. The van der Waals surface area contributed by atoms with Crippen molar-refractivity contribution in [1.82, 2.24) is 0 Å². The molecule has 4 N–H and O–H groups in total. The van der Waals surface area contributed by atoms with Crippen LogP contribution in [0, 0.1) is 0 Å². The zero-order valence-corrected chi connectivity index (χ0v) is 39.9. The van der Waals surface area contributed by atoms with E-state index in [0.717, 1.165) is 57.8 Å². The standard InChI is InChI=1S/C52H96O10/c1-3-5-7-9-11-13-15-17-19-20-21-22-23-24-25-27-29-31-33-35-37-39-41-48(55)61-45(44-60-52-51(58)50(57)49(56)46(42-53)62-52)43-59-47(54)40-38-36-34-32-30-28-26-18-16-14-12-10-8-6-4-2/h12,14,18,26,45-46,49-53,56-58H,3-11,13,15-17,19-25,27-44H2,1-2H3/b14-12+,26-18+/t45-,46-,49+,50?,51?,52-/m1/s1. The van der Waals surface area contributed by atoms with Gasteiger partial charge >= 0.3 is 11.9 Å². The van der Waals surface area contributed by atoms with Crippen LogP contribution < -0.4 is 0 Å². The van der Waals surface area contributed by atoms with E-state index in [-0.39, 0.29) is 32.0 Å². The molecule has 0 bridgehead atoms. The molecule has 1 rings (SSSR count). The molecule has 1 saturated heterocycles. The molecule has 1 heterocycles. The molecule has 0 aromatic heterocycles. The van der Waals surface area contributed by atoms with Crippen LogP contribution in [0.4, 0.5) is 0 Å². The molecular formula is C52H96O10. The molecule has 0 aliphatic carbocycles. The molecule has 2 unspecified atom stereocenters. The average Bonchev–Trinajstić information content (AvgIpc) is 3.27. The number of carbonyl (C=O) groups excluding carboxylic acids is 2. The normalized spacial score (nSPS) is 19.7. The molecule has 364 valence electrons. The SMILES string of the molecule is CCCCC/C=C/C/C=C/CCCCCCCC(=O)OC[C@H](CO[C@@H]1O[C@H](CO)[C@H](O)C(O)C1O)OC(=O)CCCCCCCCCCCCCCCCCCCCCCCC. The minimum Gasteiger partial charge on any atom is -0.462 e. The molecule has 0 aromatic rings. The number of ether oxygens (including phenoxy) is 4. The van der Waals surface area contributed by atoms with Crippen molar-refractivity contribution in [3.63, 3.8) is 0 Å². The van der Waals surface area contributed by atoms with Crippen molar-refractivity contribution >= 4 is 11.9 Å². The van der Waals surface area contributed by atoms with Gasteiger partial charge in [0.05, 0.1) is 13.2 Å². The summed E-state index contributed by atoms with van der Waals surface area (Å²) in [6, 6.07) is 0. The van der Waals surface area contributed by atoms with Gasteiger partial charge < -0.3 is 39.4 Å². The minimum atomic E-state index is -1.59. The lowest BCUT2D eigenvalue weighted by Gasteiger charge is -2.39. The minimum absolute atomic E-state index is 0.221. The molecule has 1 aliphatic heterocycles. The number of unbranched alkanes of at least 4 members (excludes halogenated alkanes) is 29. The van der Waals surface area contributed by atoms with Crippen LogP contribution in [-0.2, 0) is 28.5 Å². The molecule has 0 aromatic carbocycles. The highest BCUT2D eigenvalue weighted by Gasteiger charge is 2.44. The maximum Gasteiger partial charge on any atom is 0.306 e. The van der Waals surface area contributed by atoms with Gasteiger partial charge in [0, 0.05) is 12.8 Å². The average molecular weight is 881 g/mol. The Morgan fingerprint density at radius 2 is 0.903 bits per heavy atom. The van der Waals surface area contributed by atoms with Crippen LogP contribution in [0.5, 0.6) is 0 Å². The van der Waals surface area contributed by atoms with Crippen LogP contribution in [0.3, 0.4) is 0 Å². The Bertz CT molecular complexity index is 1060. The number of hydrogen-bond acceptors (Lipinski definition) is 10. The van der Waals surface area contributed by atoms with Gasteiger partial charge in [-0.2, -0.15) is 0 Å². The van der Waals surface area contributed by atoms with Crippen molar-refractivity contribution in [3.05, 3.63) is 24.3 Å². The van der Waals surface area contributed by atoms with E-state index in [9.17, 15) is 30.0 Å². The lowest BCUT2D eigenvalue weighted by molar-refractivity contribution is -0.305. The molecule has 0 spiro atoms. The third-order valence-corrected chi connectivity index (χ3v) is 12.1. The van der Waals surface area contributed by atoms with Gasteiger partial charge in [-0.3, -0.25) is 9.59 Å². The van der Waals surface area contributed by atoms with Crippen LogP contribution in [0.2, 0.25) is 0 Å². The van der Waals surface area contributed by atoms with Gasteiger partial charge in [0.15, 0.2) is 12.4 Å². The fraction of sp³-hybridized carbons (Fsp3) is 0.885. The fourth-order valence-electron chi connectivity index (χ4n) is 7.99. The first kappa shape index (κ1) is 58.2. The Labute approximate surface area is 379 Å². The number of aliphatic hydroxyl groups is 4.